The lowest BCUT2D eigenvalue weighted by Gasteiger charge is -2.39. The molecule has 2 aromatic carbocycles. The average molecular weight is 549 g/mol. The first kappa shape index (κ1) is 27.4. The summed E-state index contributed by atoms with van der Waals surface area (Å²) < 4.78 is 17.0. The highest BCUT2D eigenvalue weighted by Gasteiger charge is 2.33. The molecule has 10 heteroatoms. The smallest absolute Gasteiger partial charge is 0.335 e. The number of carboxylic acid groups (broad SMARTS) is 1. The van der Waals surface area contributed by atoms with Gasteiger partial charge in [-0.15, -0.1) is 0 Å². The van der Waals surface area contributed by atoms with Crippen LogP contribution in [-0.4, -0.2) is 76.1 Å². The summed E-state index contributed by atoms with van der Waals surface area (Å²) in [4.78, 5) is 29.5. The molecule has 1 aliphatic heterocycles. The molecule has 1 saturated heterocycles. The van der Waals surface area contributed by atoms with Crippen molar-refractivity contribution >= 4 is 11.9 Å². The largest absolute Gasteiger partial charge is 0.493 e. The summed E-state index contributed by atoms with van der Waals surface area (Å²) in [6.07, 6.45) is 0.366. The number of benzene rings is 2. The molecule has 0 unspecified atom stereocenters. The van der Waals surface area contributed by atoms with E-state index >= 15 is 0 Å². The Balaban J connectivity index is 1.14. The number of hydrogen-bond acceptors (Lipinski definition) is 8. The van der Waals surface area contributed by atoms with Gasteiger partial charge in [0.25, 0.3) is 5.91 Å². The van der Waals surface area contributed by atoms with Gasteiger partial charge in [0, 0.05) is 31.3 Å². The summed E-state index contributed by atoms with van der Waals surface area (Å²) in [6.45, 7) is 1.00. The number of carbonyl (C=O) groups is 2. The fourth-order valence-corrected chi connectivity index (χ4v) is 4.59. The van der Waals surface area contributed by atoms with Crippen molar-refractivity contribution in [3.63, 3.8) is 0 Å². The van der Waals surface area contributed by atoms with Crippen molar-refractivity contribution < 1.29 is 39.1 Å². The van der Waals surface area contributed by atoms with Crippen LogP contribution in [0.4, 0.5) is 0 Å². The van der Waals surface area contributed by atoms with Gasteiger partial charge in [-0.2, -0.15) is 0 Å². The second kappa shape index (κ2) is 11.9. The standard InChI is InChI=1S/C30H32N2O8/c1-38-27-12-21(8-9-26(27)40-16-18-2-4-19(5-3-18)20-6-7-20)22-14-32(15-22)29(35)24-13-23(10-11-31-24)39-17-25(33)28(34)30(36)37/h2-5,8-13,20,22,25,28,33-34H,6-7,14-17H2,1H3,(H,36,37)/t25-,28+/m1/s1. The number of pyridine rings is 1. The number of rotatable bonds is 12. The quantitative estimate of drug-likeness (QED) is 0.312. The van der Waals surface area contributed by atoms with Crippen LogP contribution in [0.25, 0.3) is 0 Å². The Labute approximate surface area is 231 Å². The van der Waals surface area contributed by atoms with E-state index in [1.165, 1.54) is 36.7 Å². The molecule has 0 radical (unpaired) electrons. The molecular formula is C30H32N2O8. The lowest BCUT2D eigenvalue weighted by atomic mass is 9.91. The summed E-state index contributed by atoms with van der Waals surface area (Å²) in [5, 5.41) is 27.8. The van der Waals surface area contributed by atoms with E-state index in [0.717, 1.165) is 17.0 Å². The third-order valence-electron chi connectivity index (χ3n) is 7.24. The average Bonchev–Trinajstić information content (AvgIpc) is 3.80. The van der Waals surface area contributed by atoms with Gasteiger partial charge in [0.15, 0.2) is 17.6 Å². The van der Waals surface area contributed by atoms with Crippen molar-refractivity contribution in [2.45, 2.75) is 43.5 Å². The minimum atomic E-state index is -1.97. The summed E-state index contributed by atoms with van der Waals surface area (Å²) >= 11 is 0. The molecule has 0 bridgehead atoms. The maximum Gasteiger partial charge on any atom is 0.335 e. The first-order valence-electron chi connectivity index (χ1n) is 13.2. The summed E-state index contributed by atoms with van der Waals surface area (Å²) in [6, 6.07) is 17.3. The van der Waals surface area contributed by atoms with Crippen molar-refractivity contribution in [2.75, 3.05) is 26.8 Å². The molecule has 2 aliphatic rings. The first-order chi connectivity index (χ1) is 19.3. The zero-order chi connectivity index (χ0) is 28.2. The third-order valence-corrected chi connectivity index (χ3v) is 7.24. The number of aliphatic hydroxyl groups is 2. The number of carbonyl (C=O) groups excluding carboxylic acids is 1. The second-order valence-electron chi connectivity index (χ2n) is 10.2. The minimum Gasteiger partial charge on any atom is -0.493 e. The van der Waals surface area contributed by atoms with Gasteiger partial charge >= 0.3 is 5.97 Å². The Morgan fingerprint density at radius 2 is 1.68 bits per heavy atom. The Hall–Kier alpha value is -4.15. The van der Waals surface area contributed by atoms with E-state index in [1.807, 2.05) is 18.2 Å². The number of amides is 1. The van der Waals surface area contributed by atoms with Crippen LogP contribution in [0.15, 0.2) is 60.8 Å². The predicted molar refractivity (Wildman–Crippen MR) is 144 cm³/mol. The lowest BCUT2D eigenvalue weighted by molar-refractivity contribution is -0.153. The van der Waals surface area contributed by atoms with Crippen molar-refractivity contribution in [3.05, 3.63) is 83.2 Å². The van der Waals surface area contributed by atoms with Gasteiger partial charge in [-0.1, -0.05) is 30.3 Å². The summed E-state index contributed by atoms with van der Waals surface area (Å²) in [7, 11) is 1.61. The van der Waals surface area contributed by atoms with Crippen LogP contribution >= 0.6 is 0 Å². The number of ether oxygens (including phenoxy) is 3. The number of nitrogens with zero attached hydrogens (tertiary/aromatic N) is 2. The maximum atomic E-state index is 12.9. The molecule has 5 rings (SSSR count). The first-order valence-corrected chi connectivity index (χ1v) is 13.2. The van der Waals surface area contributed by atoms with Crippen LogP contribution in [0.2, 0.25) is 0 Å². The predicted octanol–water partition coefficient (Wildman–Crippen LogP) is 2.97. The number of carboxylic acids is 1. The Morgan fingerprint density at radius 1 is 0.950 bits per heavy atom. The van der Waals surface area contributed by atoms with Crippen LogP contribution in [0.3, 0.4) is 0 Å². The van der Waals surface area contributed by atoms with Gasteiger partial charge in [0.2, 0.25) is 0 Å². The SMILES string of the molecule is COc1cc(C2CN(C(=O)c3cc(OC[C@@H](O)[C@H](O)C(=O)O)ccn3)C2)ccc1OCc1ccc(C2CC2)cc1. The topological polar surface area (TPSA) is 139 Å². The van der Waals surface area contributed by atoms with Crippen LogP contribution in [0, 0.1) is 0 Å². The number of aliphatic carboxylic acids is 1. The summed E-state index contributed by atoms with van der Waals surface area (Å²) in [5.41, 5.74) is 3.69. The van der Waals surface area contributed by atoms with Crippen LogP contribution in [0.5, 0.6) is 17.2 Å². The van der Waals surface area contributed by atoms with Gasteiger partial charge in [-0.3, -0.25) is 9.78 Å². The Bertz CT molecular complexity index is 1350. The fourth-order valence-electron chi connectivity index (χ4n) is 4.59. The van der Waals surface area contributed by atoms with Gasteiger partial charge in [0.05, 0.1) is 7.11 Å². The van der Waals surface area contributed by atoms with Crippen molar-refractivity contribution in [1.29, 1.82) is 0 Å². The molecule has 1 amide bonds. The van der Waals surface area contributed by atoms with Crippen LogP contribution in [-0.2, 0) is 11.4 Å². The molecule has 1 aliphatic carbocycles. The summed E-state index contributed by atoms with van der Waals surface area (Å²) in [5.74, 6) is 0.560. The molecule has 1 aromatic heterocycles. The molecule has 40 heavy (non-hydrogen) atoms. The molecule has 0 spiro atoms. The third kappa shape index (κ3) is 6.35. The molecule has 10 nitrogen and oxygen atoms in total. The van der Waals surface area contributed by atoms with Crippen molar-refractivity contribution in [2.24, 2.45) is 0 Å². The van der Waals surface area contributed by atoms with Gasteiger partial charge < -0.3 is 34.4 Å². The molecular weight excluding hydrogens is 516 g/mol. The number of aromatic nitrogens is 1. The van der Waals surface area contributed by atoms with Gasteiger partial charge in [0.1, 0.15) is 30.8 Å². The van der Waals surface area contributed by atoms with E-state index in [0.29, 0.717) is 31.2 Å². The van der Waals surface area contributed by atoms with Crippen LogP contribution in [0.1, 0.15) is 51.9 Å². The Morgan fingerprint density at radius 3 is 2.35 bits per heavy atom. The van der Waals surface area contributed by atoms with Crippen molar-refractivity contribution in [3.8, 4) is 17.2 Å². The zero-order valence-corrected chi connectivity index (χ0v) is 22.1. The highest BCUT2D eigenvalue weighted by molar-refractivity contribution is 5.93. The number of methoxy groups -OCH3 is 1. The van der Waals surface area contributed by atoms with Gasteiger partial charge in [-0.25, -0.2) is 4.79 Å². The highest BCUT2D eigenvalue weighted by Crippen LogP contribution is 2.40. The normalized spacial score (nSPS) is 16.5. The van der Waals surface area contributed by atoms with E-state index in [2.05, 4.69) is 29.2 Å². The van der Waals surface area contributed by atoms with E-state index in [1.54, 1.807) is 12.0 Å². The van der Waals surface area contributed by atoms with E-state index in [-0.39, 0.29) is 23.3 Å². The molecule has 3 aromatic rings. The monoisotopic (exact) mass is 548 g/mol. The van der Waals surface area contributed by atoms with Crippen molar-refractivity contribution in [1.82, 2.24) is 9.88 Å². The van der Waals surface area contributed by atoms with Crippen LogP contribution < -0.4 is 14.2 Å². The zero-order valence-electron chi connectivity index (χ0n) is 22.1. The fraction of sp³-hybridized carbons (Fsp3) is 0.367. The van der Waals surface area contributed by atoms with E-state index in [9.17, 15) is 19.8 Å². The molecule has 3 N–H and O–H groups in total. The number of aliphatic hydroxyl groups excluding tert-OH is 2. The number of hydrogen-bond donors (Lipinski definition) is 3. The van der Waals surface area contributed by atoms with Gasteiger partial charge in [-0.05, 0) is 53.6 Å². The lowest BCUT2D eigenvalue weighted by Crippen LogP contribution is -2.48. The molecule has 2 atom stereocenters. The van der Waals surface area contributed by atoms with E-state index < -0.39 is 24.8 Å². The molecule has 2 fully saturated rings. The second-order valence-corrected chi connectivity index (χ2v) is 10.2. The molecule has 1 saturated carbocycles. The molecule has 2 heterocycles. The molecule has 210 valence electrons. The highest BCUT2D eigenvalue weighted by atomic mass is 16.5. The minimum absolute atomic E-state index is 0.133. The maximum absolute atomic E-state index is 12.9. The van der Waals surface area contributed by atoms with E-state index in [4.69, 9.17) is 19.3 Å². The number of likely N-dealkylation sites (tertiary alicyclic amines) is 1. The Kier molecular flexibility index (Phi) is 8.18.